The van der Waals surface area contributed by atoms with Gasteiger partial charge in [-0.15, -0.1) is 0 Å². The summed E-state index contributed by atoms with van der Waals surface area (Å²) in [7, 11) is 0. The first-order valence-corrected chi connectivity index (χ1v) is 8.04. The van der Waals surface area contributed by atoms with E-state index in [2.05, 4.69) is 12.0 Å². The molecule has 1 aliphatic rings. The Balaban J connectivity index is 1.80. The van der Waals surface area contributed by atoms with Crippen molar-refractivity contribution in [2.45, 2.75) is 39.2 Å². The lowest BCUT2D eigenvalue weighted by Crippen LogP contribution is -2.43. The zero-order valence-electron chi connectivity index (χ0n) is 13.3. The highest BCUT2D eigenvalue weighted by Crippen LogP contribution is 2.20. The lowest BCUT2D eigenvalue weighted by atomic mass is 10.1. The van der Waals surface area contributed by atoms with E-state index in [4.69, 9.17) is 4.74 Å². The number of fused-ring (bicyclic) bond motifs is 1. The molecule has 1 amide bonds. The number of ether oxygens (including phenoxy) is 1. The van der Waals surface area contributed by atoms with Crippen LogP contribution in [0.25, 0.3) is 5.52 Å². The van der Waals surface area contributed by atoms with E-state index >= 15 is 0 Å². The van der Waals surface area contributed by atoms with Gasteiger partial charge in [-0.05, 0) is 37.8 Å². The van der Waals surface area contributed by atoms with E-state index in [1.165, 1.54) is 0 Å². The molecule has 0 N–H and O–H groups in total. The summed E-state index contributed by atoms with van der Waals surface area (Å²) in [5.74, 6) is 0.0640. The first kappa shape index (κ1) is 15.0. The van der Waals surface area contributed by atoms with E-state index < -0.39 is 0 Å². The third-order valence-corrected chi connectivity index (χ3v) is 4.20. The summed E-state index contributed by atoms with van der Waals surface area (Å²) in [4.78, 5) is 14.8. The van der Waals surface area contributed by atoms with Gasteiger partial charge in [-0.1, -0.05) is 13.0 Å². The molecule has 118 valence electrons. The minimum Gasteiger partial charge on any atom is -0.376 e. The Hall–Kier alpha value is -1.88. The van der Waals surface area contributed by atoms with Crippen molar-refractivity contribution in [3.8, 4) is 0 Å². The molecule has 1 fully saturated rings. The Bertz CT molecular complexity index is 665. The van der Waals surface area contributed by atoms with Gasteiger partial charge in [0.15, 0.2) is 0 Å². The number of hydrogen-bond acceptors (Lipinski definition) is 3. The van der Waals surface area contributed by atoms with Crippen LogP contribution in [0.2, 0.25) is 0 Å². The molecule has 5 nitrogen and oxygen atoms in total. The number of nitrogens with zero attached hydrogens (tertiary/aromatic N) is 3. The van der Waals surface area contributed by atoms with Crippen molar-refractivity contribution >= 4 is 11.4 Å². The molecule has 1 aliphatic heterocycles. The molecular formula is C17H23N3O2. The van der Waals surface area contributed by atoms with Gasteiger partial charge in [-0.3, -0.25) is 4.79 Å². The number of amides is 1. The highest BCUT2D eigenvalue weighted by Gasteiger charge is 2.27. The van der Waals surface area contributed by atoms with Crippen molar-refractivity contribution in [2.24, 2.45) is 0 Å². The highest BCUT2D eigenvalue weighted by molar-refractivity contribution is 6.01. The van der Waals surface area contributed by atoms with Gasteiger partial charge in [0.2, 0.25) is 0 Å². The molecule has 0 aromatic carbocycles. The van der Waals surface area contributed by atoms with Crippen LogP contribution in [0.1, 0.15) is 42.1 Å². The standard InChI is InChI=1S/C17H23N3O2/c1-3-10-22-14-7-5-8-19(12-14)17(21)15-11-18-20-9-4-6-13(2)16(15)20/h4,6,9,11,14H,3,5,7-8,10,12H2,1-2H3. The van der Waals surface area contributed by atoms with E-state index in [0.717, 1.165) is 43.5 Å². The fourth-order valence-corrected chi connectivity index (χ4v) is 3.09. The number of pyridine rings is 1. The predicted molar refractivity (Wildman–Crippen MR) is 85.1 cm³/mol. The molecule has 1 atom stereocenters. The van der Waals surface area contributed by atoms with Crippen molar-refractivity contribution in [1.82, 2.24) is 14.5 Å². The molecule has 0 saturated carbocycles. The Morgan fingerprint density at radius 2 is 2.36 bits per heavy atom. The Morgan fingerprint density at radius 3 is 3.18 bits per heavy atom. The van der Waals surface area contributed by atoms with Crippen molar-refractivity contribution in [3.63, 3.8) is 0 Å². The van der Waals surface area contributed by atoms with Crippen LogP contribution in [0.15, 0.2) is 24.5 Å². The van der Waals surface area contributed by atoms with Gasteiger partial charge in [-0.2, -0.15) is 5.10 Å². The molecule has 0 spiro atoms. The molecule has 22 heavy (non-hydrogen) atoms. The van der Waals surface area contributed by atoms with Crippen LogP contribution in [0, 0.1) is 6.92 Å². The van der Waals surface area contributed by atoms with Gasteiger partial charge in [-0.25, -0.2) is 4.52 Å². The molecule has 1 saturated heterocycles. The summed E-state index contributed by atoms with van der Waals surface area (Å²) >= 11 is 0. The number of piperidine rings is 1. The van der Waals surface area contributed by atoms with Crippen molar-refractivity contribution < 1.29 is 9.53 Å². The monoisotopic (exact) mass is 301 g/mol. The van der Waals surface area contributed by atoms with Crippen LogP contribution < -0.4 is 0 Å². The van der Waals surface area contributed by atoms with E-state index in [1.54, 1.807) is 10.7 Å². The smallest absolute Gasteiger partial charge is 0.257 e. The lowest BCUT2D eigenvalue weighted by molar-refractivity contribution is 0.00217. The maximum absolute atomic E-state index is 12.9. The second-order valence-corrected chi connectivity index (χ2v) is 5.93. The molecule has 0 radical (unpaired) electrons. The van der Waals surface area contributed by atoms with Gasteiger partial charge in [0.25, 0.3) is 5.91 Å². The molecule has 1 unspecified atom stereocenters. The van der Waals surface area contributed by atoms with E-state index in [0.29, 0.717) is 12.1 Å². The molecule has 0 aliphatic carbocycles. The van der Waals surface area contributed by atoms with Gasteiger partial charge in [0.1, 0.15) is 0 Å². The second-order valence-electron chi connectivity index (χ2n) is 5.93. The van der Waals surface area contributed by atoms with Crippen molar-refractivity contribution in [1.29, 1.82) is 0 Å². The number of rotatable bonds is 4. The number of aromatic nitrogens is 2. The number of carbonyl (C=O) groups is 1. The normalized spacial score (nSPS) is 18.8. The average Bonchev–Trinajstić information content (AvgIpc) is 2.98. The molecule has 3 heterocycles. The first-order chi connectivity index (χ1) is 10.7. The predicted octanol–water partition coefficient (Wildman–Crippen LogP) is 2.67. The molecular weight excluding hydrogens is 278 g/mol. The van der Waals surface area contributed by atoms with Crippen LogP contribution in [0.4, 0.5) is 0 Å². The van der Waals surface area contributed by atoms with Crippen LogP contribution >= 0.6 is 0 Å². The van der Waals surface area contributed by atoms with Crippen LogP contribution in [-0.2, 0) is 4.74 Å². The van der Waals surface area contributed by atoms with E-state index in [9.17, 15) is 4.79 Å². The van der Waals surface area contributed by atoms with Crippen molar-refractivity contribution in [2.75, 3.05) is 19.7 Å². The fraction of sp³-hybridized carbons (Fsp3) is 0.529. The SMILES string of the molecule is CCCOC1CCCN(C(=O)c2cnn3cccc(C)c23)C1. The van der Waals surface area contributed by atoms with Crippen molar-refractivity contribution in [3.05, 3.63) is 35.7 Å². The van der Waals surface area contributed by atoms with Gasteiger partial charge in [0.05, 0.1) is 23.4 Å². The largest absolute Gasteiger partial charge is 0.376 e. The lowest BCUT2D eigenvalue weighted by Gasteiger charge is -2.32. The molecule has 3 rings (SSSR count). The zero-order valence-corrected chi connectivity index (χ0v) is 13.3. The third kappa shape index (κ3) is 2.86. The van der Waals surface area contributed by atoms with Gasteiger partial charge < -0.3 is 9.64 Å². The quantitative estimate of drug-likeness (QED) is 0.872. The minimum atomic E-state index is 0.0640. The Kier molecular flexibility index (Phi) is 4.43. The van der Waals surface area contributed by atoms with Gasteiger partial charge >= 0.3 is 0 Å². The average molecular weight is 301 g/mol. The highest BCUT2D eigenvalue weighted by atomic mass is 16.5. The topological polar surface area (TPSA) is 46.8 Å². The zero-order chi connectivity index (χ0) is 15.5. The number of likely N-dealkylation sites (tertiary alicyclic amines) is 1. The third-order valence-electron chi connectivity index (χ3n) is 4.20. The number of hydrogen-bond donors (Lipinski definition) is 0. The number of aryl methyl sites for hydroxylation is 1. The Labute approximate surface area is 130 Å². The molecule has 5 heteroatoms. The molecule has 2 aromatic heterocycles. The van der Waals surface area contributed by atoms with E-state index in [1.807, 2.05) is 30.2 Å². The fourth-order valence-electron chi connectivity index (χ4n) is 3.09. The summed E-state index contributed by atoms with van der Waals surface area (Å²) in [6.45, 7) is 6.36. The molecule has 0 bridgehead atoms. The summed E-state index contributed by atoms with van der Waals surface area (Å²) in [5, 5.41) is 4.30. The second kappa shape index (κ2) is 6.48. The van der Waals surface area contributed by atoms with Crippen LogP contribution in [0.3, 0.4) is 0 Å². The molecule has 2 aromatic rings. The summed E-state index contributed by atoms with van der Waals surface area (Å²) in [6, 6.07) is 3.95. The van der Waals surface area contributed by atoms with Gasteiger partial charge in [0, 0.05) is 25.9 Å². The summed E-state index contributed by atoms with van der Waals surface area (Å²) in [6.07, 6.45) is 6.78. The Morgan fingerprint density at radius 1 is 1.50 bits per heavy atom. The first-order valence-electron chi connectivity index (χ1n) is 8.04. The summed E-state index contributed by atoms with van der Waals surface area (Å²) < 4.78 is 7.60. The summed E-state index contributed by atoms with van der Waals surface area (Å²) in [5.41, 5.74) is 2.66. The van der Waals surface area contributed by atoms with Crippen LogP contribution in [0.5, 0.6) is 0 Å². The maximum atomic E-state index is 12.9. The van der Waals surface area contributed by atoms with E-state index in [-0.39, 0.29) is 12.0 Å². The minimum absolute atomic E-state index is 0.0640. The maximum Gasteiger partial charge on any atom is 0.257 e. The van der Waals surface area contributed by atoms with Crippen LogP contribution in [-0.4, -0.2) is 46.2 Å². The number of carbonyl (C=O) groups excluding carboxylic acids is 1.